The quantitative estimate of drug-likeness (QED) is 0.803. The molecule has 0 saturated heterocycles. The molecule has 0 aliphatic carbocycles. The second-order valence-corrected chi connectivity index (χ2v) is 8.29. The first-order valence-electron chi connectivity index (χ1n) is 7.75. The average Bonchev–Trinajstić information content (AvgIpc) is 2.60. The molecule has 0 aliphatic heterocycles. The molecule has 1 atom stereocenters. The molecule has 0 heterocycles. The Balaban J connectivity index is 0.00000312. The van der Waals surface area contributed by atoms with Gasteiger partial charge in [-0.3, -0.25) is 4.79 Å². The molecule has 5 nitrogen and oxygen atoms in total. The Morgan fingerprint density at radius 3 is 2.20 bits per heavy atom. The summed E-state index contributed by atoms with van der Waals surface area (Å²) in [6, 6.07) is 15.3. The zero-order valence-electron chi connectivity index (χ0n) is 14.2. The van der Waals surface area contributed by atoms with Gasteiger partial charge in [0, 0.05) is 12.6 Å². The van der Waals surface area contributed by atoms with Crippen LogP contribution in [0, 0.1) is 0 Å². The van der Waals surface area contributed by atoms with E-state index in [0.717, 1.165) is 5.56 Å². The van der Waals surface area contributed by atoms with Crippen LogP contribution < -0.4 is 11.1 Å². The van der Waals surface area contributed by atoms with Crippen LogP contribution in [-0.4, -0.2) is 26.1 Å². The third-order valence-electron chi connectivity index (χ3n) is 3.77. The summed E-state index contributed by atoms with van der Waals surface area (Å²) in [4.78, 5) is 12.5. The van der Waals surface area contributed by atoms with E-state index < -0.39 is 21.0 Å². The minimum Gasteiger partial charge on any atom is -0.350 e. The fourth-order valence-electron chi connectivity index (χ4n) is 2.27. The summed E-state index contributed by atoms with van der Waals surface area (Å²) < 4.78 is 24.8. The third kappa shape index (κ3) is 5.04. The highest BCUT2D eigenvalue weighted by Gasteiger charge is 2.25. The van der Waals surface area contributed by atoms with Gasteiger partial charge in [-0.15, -0.1) is 12.4 Å². The summed E-state index contributed by atoms with van der Waals surface area (Å²) in [5, 5.41) is 2.12. The lowest BCUT2D eigenvalue weighted by molar-refractivity contribution is 0.0948. The Morgan fingerprint density at radius 2 is 1.60 bits per heavy atom. The SMILES string of the molecule is CC(C)S(=O)(=O)c1ccccc1C(=O)NCC(N)c1ccccc1.Cl. The fourth-order valence-corrected chi connectivity index (χ4v) is 3.52. The molecule has 2 rings (SSSR count). The largest absolute Gasteiger partial charge is 0.350 e. The molecule has 1 unspecified atom stereocenters. The summed E-state index contributed by atoms with van der Waals surface area (Å²) in [5.74, 6) is -0.443. The zero-order valence-corrected chi connectivity index (χ0v) is 15.8. The first-order chi connectivity index (χ1) is 11.3. The Kier molecular flexibility index (Phi) is 7.60. The van der Waals surface area contributed by atoms with Crippen molar-refractivity contribution in [1.29, 1.82) is 0 Å². The number of nitrogens with two attached hydrogens (primary N) is 1. The number of nitrogens with one attached hydrogen (secondary N) is 1. The third-order valence-corrected chi connectivity index (χ3v) is 5.98. The van der Waals surface area contributed by atoms with Crippen molar-refractivity contribution in [1.82, 2.24) is 5.32 Å². The van der Waals surface area contributed by atoms with Gasteiger partial charge in [0.25, 0.3) is 5.91 Å². The number of benzene rings is 2. The number of hydrogen-bond acceptors (Lipinski definition) is 4. The van der Waals surface area contributed by atoms with Gasteiger partial charge in [-0.05, 0) is 31.5 Å². The van der Waals surface area contributed by atoms with Gasteiger partial charge in [-0.2, -0.15) is 0 Å². The van der Waals surface area contributed by atoms with Crippen molar-refractivity contribution in [2.75, 3.05) is 6.54 Å². The molecule has 0 bridgehead atoms. The molecular weight excluding hydrogens is 360 g/mol. The molecule has 0 fully saturated rings. The van der Waals surface area contributed by atoms with Gasteiger partial charge >= 0.3 is 0 Å². The highest BCUT2D eigenvalue weighted by molar-refractivity contribution is 7.92. The minimum absolute atomic E-state index is 0. The normalized spacial score (nSPS) is 12.3. The van der Waals surface area contributed by atoms with Gasteiger partial charge in [-0.1, -0.05) is 42.5 Å². The molecule has 25 heavy (non-hydrogen) atoms. The van der Waals surface area contributed by atoms with Crippen molar-refractivity contribution in [2.24, 2.45) is 5.73 Å². The van der Waals surface area contributed by atoms with Crippen molar-refractivity contribution in [2.45, 2.75) is 30.0 Å². The van der Waals surface area contributed by atoms with Gasteiger partial charge in [0.15, 0.2) is 9.84 Å². The molecule has 0 aliphatic rings. The molecule has 2 aromatic carbocycles. The summed E-state index contributed by atoms with van der Waals surface area (Å²) in [7, 11) is -3.54. The maximum Gasteiger partial charge on any atom is 0.252 e. The molecule has 2 aromatic rings. The summed E-state index contributed by atoms with van der Waals surface area (Å²) in [6.07, 6.45) is 0. The van der Waals surface area contributed by atoms with Gasteiger partial charge in [0.1, 0.15) is 0 Å². The Labute approximate surface area is 155 Å². The van der Waals surface area contributed by atoms with Gasteiger partial charge in [0.2, 0.25) is 0 Å². The predicted octanol–water partition coefficient (Wildman–Crippen LogP) is 2.72. The standard InChI is InChI=1S/C18H22N2O3S.ClH/c1-13(2)24(22,23)17-11-7-6-10-15(17)18(21)20-12-16(19)14-8-4-3-5-9-14;/h3-11,13,16H,12,19H2,1-2H3,(H,20,21);1H. The topological polar surface area (TPSA) is 89.3 Å². The zero-order chi connectivity index (χ0) is 17.7. The first kappa shape index (κ1) is 21.2. The Hall–Kier alpha value is -1.89. The number of sulfone groups is 1. The molecule has 0 spiro atoms. The van der Waals surface area contributed by atoms with E-state index in [-0.39, 0.29) is 35.5 Å². The Morgan fingerprint density at radius 1 is 1.04 bits per heavy atom. The van der Waals surface area contributed by atoms with E-state index in [4.69, 9.17) is 5.73 Å². The van der Waals surface area contributed by atoms with E-state index in [9.17, 15) is 13.2 Å². The van der Waals surface area contributed by atoms with E-state index in [2.05, 4.69) is 5.32 Å². The maximum atomic E-state index is 12.4. The lowest BCUT2D eigenvalue weighted by Crippen LogP contribution is -2.33. The van der Waals surface area contributed by atoms with Gasteiger partial charge < -0.3 is 11.1 Å². The van der Waals surface area contributed by atoms with Crippen LogP contribution in [0.3, 0.4) is 0 Å². The molecule has 0 aromatic heterocycles. The van der Waals surface area contributed by atoms with Crippen molar-refractivity contribution in [3.05, 3.63) is 65.7 Å². The van der Waals surface area contributed by atoms with Crippen LogP contribution in [-0.2, 0) is 9.84 Å². The molecule has 136 valence electrons. The van der Waals surface area contributed by atoms with Crippen molar-refractivity contribution >= 4 is 28.2 Å². The minimum atomic E-state index is -3.54. The molecular formula is C18H23ClN2O3S. The maximum absolute atomic E-state index is 12.4. The van der Waals surface area contributed by atoms with Crippen LogP contribution in [0.5, 0.6) is 0 Å². The summed E-state index contributed by atoms with van der Waals surface area (Å²) in [5.41, 5.74) is 7.11. The fraction of sp³-hybridized carbons (Fsp3) is 0.278. The number of carbonyl (C=O) groups excluding carboxylic acids is 1. The van der Waals surface area contributed by atoms with E-state index >= 15 is 0 Å². The van der Waals surface area contributed by atoms with E-state index in [0.29, 0.717) is 0 Å². The van der Waals surface area contributed by atoms with Crippen LogP contribution in [0.1, 0.15) is 35.8 Å². The molecule has 7 heteroatoms. The second-order valence-electron chi connectivity index (χ2n) is 5.82. The van der Waals surface area contributed by atoms with E-state index in [1.54, 1.807) is 26.0 Å². The van der Waals surface area contributed by atoms with Crippen molar-refractivity contribution in [3.63, 3.8) is 0 Å². The van der Waals surface area contributed by atoms with Crippen LogP contribution in [0.15, 0.2) is 59.5 Å². The molecule has 0 radical (unpaired) electrons. The van der Waals surface area contributed by atoms with Gasteiger partial charge in [0.05, 0.1) is 15.7 Å². The van der Waals surface area contributed by atoms with E-state index in [1.807, 2.05) is 30.3 Å². The Bertz CT molecular complexity index is 808. The van der Waals surface area contributed by atoms with Crippen molar-refractivity contribution in [3.8, 4) is 0 Å². The first-order valence-corrected chi connectivity index (χ1v) is 9.30. The number of hydrogen-bond donors (Lipinski definition) is 2. The van der Waals surface area contributed by atoms with Gasteiger partial charge in [-0.25, -0.2) is 8.42 Å². The lowest BCUT2D eigenvalue weighted by atomic mass is 10.1. The summed E-state index contributed by atoms with van der Waals surface area (Å²) in [6.45, 7) is 3.41. The predicted molar refractivity (Wildman–Crippen MR) is 102 cm³/mol. The van der Waals surface area contributed by atoms with Crippen LogP contribution in [0.4, 0.5) is 0 Å². The lowest BCUT2D eigenvalue weighted by Gasteiger charge is -2.15. The summed E-state index contributed by atoms with van der Waals surface area (Å²) >= 11 is 0. The van der Waals surface area contributed by atoms with Crippen molar-refractivity contribution < 1.29 is 13.2 Å². The molecule has 0 saturated carbocycles. The second kappa shape index (κ2) is 8.99. The average molecular weight is 383 g/mol. The number of halogens is 1. The van der Waals surface area contributed by atoms with Crippen LogP contribution >= 0.6 is 12.4 Å². The highest BCUT2D eigenvalue weighted by Crippen LogP contribution is 2.20. The molecule has 3 N–H and O–H groups in total. The highest BCUT2D eigenvalue weighted by atomic mass is 35.5. The number of carbonyl (C=O) groups is 1. The van der Waals surface area contributed by atoms with E-state index in [1.165, 1.54) is 12.1 Å². The monoisotopic (exact) mass is 382 g/mol. The smallest absolute Gasteiger partial charge is 0.252 e. The van der Waals surface area contributed by atoms with Crippen LogP contribution in [0.2, 0.25) is 0 Å². The number of amides is 1. The molecule has 1 amide bonds. The van der Waals surface area contributed by atoms with Crippen LogP contribution in [0.25, 0.3) is 0 Å². The number of rotatable bonds is 6.